The van der Waals surface area contributed by atoms with E-state index in [4.69, 9.17) is 19.9 Å². The van der Waals surface area contributed by atoms with Gasteiger partial charge in [0.05, 0.1) is 5.69 Å². The van der Waals surface area contributed by atoms with E-state index in [9.17, 15) is 0 Å². The van der Waals surface area contributed by atoms with Crippen molar-refractivity contribution in [2.45, 2.75) is 0 Å². The Labute approximate surface area is 244 Å². The van der Waals surface area contributed by atoms with Gasteiger partial charge >= 0.3 is 0 Å². The molecule has 0 bridgehead atoms. The van der Waals surface area contributed by atoms with Gasteiger partial charge in [-0.1, -0.05) is 103 Å². The molecule has 5 heteroatoms. The van der Waals surface area contributed by atoms with Crippen LogP contribution in [0.2, 0.25) is 0 Å². The van der Waals surface area contributed by atoms with Crippen LogP contribution in [0, 0.1) is 0 Å². The Morgan fingerprint density at radius 2 is 0.810 bits per heavy atom. The van der Waals surface area contributed by atoms with Gasteiger partial charge in [0, 0.05) is 46.4 Å². The summed E-state index contributed by atoms with van der Waals surface area (Å²) in [7, 11) is 0. The molecule has 0 unspecified atom stereocenters. The maximum absolute atomic E-state index is 4.90. The summed E-state index contributed by atoms with van der Waals surface area (Å²) < 4.78 is 0. The highest BCUT2D eigenvalue weighted by atomic mass is 15.0. The molecule has 0 saturated heterocycles. The van der Waals surface area contributed by atoms with E-state index >= 15 is 0 Å². The first kappa shape index (κ1) is 25.2. The number of pyridine rings is 2. The lowest BCUT2D eigenvalue weighted by Crippen LogP contribution is -2.00. The van der Waals surface area contributed by atoms with E-state index in [1.807, 2.05) is 91.1 Å². The Morgan fingerprint density at radius 3 is 1.36 bits per heavy atom. The number of hydrogen-bond donors (Lipinski definition) is 0. The second-order valence-corrected chi connectivity index (χ2v) is 9.87. The largest absolute Gasteiger partial charge is 0.265 e. The molecule has 0 radical (unpaired) electrons. The number of hydrogen-bond acceptors (Lipinski definition) is 5. The number of aromatic nitrogens is 5. The Balaban J connectivity index is 1.25. The summed E-state index contributed by atoms with van der Waals surface area (Å²) in [5.74, 6) is 1.93. The van der Waals surface area contributed by atoms with Gasteiger partial charge in [-0.25, -0.2) is 15.0 Å². The minimum atomic E-state index is 0.636. The molecule has 0 aliphatic carbocycles. The number of rotatable bonds is 6. The molecule has 0 aliphatic heterocycles. The van der Waals surface area contributed by atoms with Crippen molar-refractivity contribution in [3.63, 3.8) is 0 Å². The number of benzene rings is 4. The van der Waals surface area contributed by atoms with Crippen LogP contribution in [0.4, 0.5) is 0 Å². The van der Waals surface area contributed by atoms with Crippen molar-refractivity contribution in [1.82, 2.24) is 24.9 Å². The minimum Gasteiger partial charge on any atom is -0.265 e. The molecule has 0 spiro atoms. The van der Waals surface area contributed by atoms with Gasteiger partial charge < -0.3 is 0 Å². The first-order valence-electron chi connectivity index (χ1n) is 13.7. The zero-order chi connectivity index (χ0) is 28.1. The molecule has 7 aromatic rings. The fraction of sp³-hybridized carbons (Fsp3) is 0. The molecule has 0 fully saturated rings. The number of nitrogens with zero attached hydrogens (tertiary/aromatic N) is 5. The van der Waals surface area contributed by atoms with E-state index in [1.54, 1.807) is 12.4 Å². The van der Waals surface area contributed by atoms with Crippen LogP contribution in [0.15, 0.2) is 152 Å². The van der Waals surface area contributed by atoms with Crippen LogP contribution < -0.4 is 0 Å². The molecule has 5 nitrogen and oxygen atoms in total. The summed E-state index contributed by atoms with van der Waals surface area (Å²) in [4.78, 5) is 23.4. The first-order chi connectivity index (χ1) is 20.8. The maximum Gasteiger partial charge on any atom is 0.164 e. The molecule has 0 amide bonds. The van der Waals surface area contributed by atoms with Gasteiger partial charge in [0.2, 0.25) is 0 Å². The van der Waals surface area contributed by atoms with Gasteiger partial charge in [-0.15, -0.1) is 0 Å². The van der Waals surface area contributed by atoms with E-state index in [-0.39, 0.29) is 0 Å². The topological polar surface area (TPSA) is 64.5 Å². The average molecular weight is 540 g/mol. The van der Waals surface area contributed by atoms with Crippen molar-refractivity contribution in [3.8, 4) is 67.7 Å². The second-order valence-electron chi connectivity index (χ2n) is 9.87. The smallest absolute Gasteiger partial charge is 0.164 e. The molecular formula is C37H25N5. The molecule has 0 aliphatic rings. The average Bonchev–Trinajstić information content (AvgIpc) is 3.09. The second kappa shape index (κ2) is 11.4. The van der Waals surface area contributed by atoms with Gasteiger partial charge in [0.15, 0.2) is 17.5 Å². The maximum atomic E-state index is 4.90. The van der Waals surface area contributed by atoms with Gasteiger partial charge in [-0.2, -0.15) is 0 Å². The van der Waals surface area contributed by atoms with Crippen molar-refractivity contribution in [2.24, 2.45) is 0 Å². The molecule has 7 rings (SSSR count). The highest BCUT2D eigenvalue weighted by Crippen LogP contribution is 2.31. The highest BCUT2D eigenvalue weighted by Gasteiger charge is 2.13. The Hall–Kier alpha value is -5.81. The van der Waals surface area contributed by atoms with E-state index in [1.165, 1.54) is 0 Å². The standard InChI is InChI=1S/C37H25N5/c1-3-9-27(10-4-1)35-40-36(28-11-5-2-6-12-28)42-37(41-35)32-16-8-14-30(24-32)29-13-7-15-31(23-29)33-17-18-34(39-25-33)26-19-21-38-22-20-26/h1-25H. The summed E-state index contributed by atoms with van der Waals surface area (Å²) in [6.07, 6.45) is 5.49. The molecule has 0 N–H and O–H groups in total. The van der Waals surface area contributed by atoms with Crippen LogP contribution in [0.3, 0.4) is 0 Å². The Bertz CT molecular complexity index is 1900. The van der Waals surface area contributed by atoms with Crippen LogP contribution in [-0.4, -0.2) is 24.9 Å². The van der Waals surface area contributed by atoms with Gasteiger partial charge in [-0.05, 0) is 47.0 Å². The third-order valence-corrected chi connectivity index (χ3v) is 7.09. The van der Waals surface area contributed by atoms with Crippen molar-refractivity contribution in [2.75, 3.05) is 0 Å². The van der Waals surface area contributed by atoms with Gasteiger partial charge in [0.1, 0.15) is 0 Å². The molecule has 0 atom stereocenters. The Kier molecular flexibility index (Phi) is 6.81. The molecular weight excluding hydrogens is 514 g/mol. The van der Waals surface area contributed by atoms with Crippen molar-refractivity contribution >= 4 is 0 Å². The fourth-order valence-electron chi connectivity index (χ4n) is 4.91. The lowest BCUT2D eigenvalue weighted by molar-refractivity contribution is 1.07. The third kappa shape index (κ3) is 5.31. The summed E-state index contributed by atoms with van der Waals surface area (Å²) in [6.45, 7) is 0. The normalized spacial score (nSPS) is 10.9. The molecule has 3 aromatic heterocycles. The van der Waals surface area contributed by atoms with Crippen LogP contribution >= 0.6 is 0 Å². The van der Waals surface area contributed by atoms with E-state index in [0.717, 1.165) is 50.2 Å². The zero-order valence-electron chi connectivity index (χ0n) is 22.7. The third-order valence-electron chi connectivity index (χ3n) is 7.09. The predicted octanol–water partition coefficient (Wildman–Crippen LogP) is 8.66. The van der Waals surface area contributed by atoms with Gasteiger partial charge in [-0.3, -0.25) is 9.97 Å². The molecule has 4 aromatic carbocycles. The van der Waals surface area contributed by atoms with Crippen LogP contribution in [0.25, 0.3) is 67.7 Å². The lowest BCUT2D eigenvalue weighted by atomic mass is 9.98. The summed E-state index contributed by atoms with van der Waals surface area (Å²) in [5.41, 5.74) is 9.15. The summed E-state index contributed by atoms with van der Waals surface area (Å²) in [5, 5.41) is 0. The monoisotopic (exact) mass is 539 g/mol. The van der Waals surface area contributed by atoms with Crippen molar-refractivity contribution in [3.05, 3.63) is 152 Å². The minimum absolute atomic E-state index is 0.636. The lowest BCUT2D eigenvalue weighted by Gasteiger charge is -2.10. The molecule has 198 valence electrons. The first-order valence-corrected chi connectivity index (χ1v) is 13.7. The van der Waals surface area contributed by atoms with Crippen molar-refractivity contribution < 1.29 is 0 Å². The van der Waals surface area contributed by atoms with E-state index < -0.39 is 0 Å². The van der Waals surface area contributed by atoms with Crippen LogP contribution in [0.1, 0.15) is 0 Å². The molecule has 3 heterocycles. The quantitative estimate of drug-likeness (QED) is 0.212. The van der Waals surface area contributed by atoms with Crippen LogP contribution in [-0.2, 0) is 0 Å². The summed E-state index contributed by atoms with van der Waals surface area (Å²) in [6, 6.07) is 45.0. The fourth-order valence-corrected chi connectivity index (χ4v) is 4.91. The molecule has 42 heavy (non-hydrogen) atoms. The predicted molar refractivity (Wildman–Crippen MR) is 168 cm³/mol. The SMILES string of the molecule is c1ccc(-c2nc(-c3ccccc3)nc(-c3cccc(-c4cccc(-c5ccc(-c6ccncc6)nc5)c4)c3)n2)cc1. The van der Waals surface area contributed by atoms with Crippen molar-refractivity contribution in [1.29, 1.82) is 0 Å². The summed E-state index contributed by atoms with van der Waals surface area (Å²) >= 11 is 0. The highest BCUT2D eigenvalue weighted by molar-refractivity contribution is 5.77. The zero-order valence-corrected chi connectivity index (χ0v) is 22.7. The van der Waals surface area contributed by atoms with Gasteiger partial charge in [0.25, 0.3) is 0 Å². The Morgan fingerprint density at radius 1 is 0.333 bits per heavy atom. The molecule has 0 saturated carbocycles. The van der Waals surface area contributed by atoms with Crippen LogP contribution in [0.5, 0.6) is 0 Å². The van der Waals surface area contributed by atoms with E-state index in [2.05, 4.69) is 53.5 Å². The van der Waals surface area contributed by atoms with E-state index in [0.29, 0.717) is 17.5 Å².